The Kier molecular flexibility index (Phi) is 25.1. The second-order valence-corrected chi connectivity index (χ2v) is 13.7. The van der Waals surface area contributed by atoms with Gasteiger partial charge in [-0.1, -0.05) is 6.07 Å². The minimum Gasteiger partial charge on any atom is -0.748 e. The zero-order chi connectivity index (χ0) is 35.6. The van der Waals surface area contributed by atoms with Crippen molar-refractivity contribution in [1.82, 2.24) is 15.0 Å². The van der Waals surface area contributed by atoms with Gasteiger partial charge in [-0.25, -0.2) is 16.8 Å². The van der Waals surface area contributed by atoms with E-state index in [4.69, 9.17) is 5.73 Å². The number of hydrogen-bond donors (Lipinski definition) is 5. The Labute approximate surface area is 398 Å². The Morgan fingerprint density at radius 1 is 0.774 bits per heavy atom. The minimum absolute atomic E-state index is 0. The topological polar surface area (TPSA) is 343 Å². The number of nitrogens with zero attached hydrogens (tertiary/aromatic N) is 5. The number of aromatic hydroxyl groups is 1. The standard InChI is InChI=1S/C23H25N9O13S4.4Na/c24-15-3-1-12-9-14(46-44-42-34)11-17(33)19(12)20(15)32-31-16-4-2-13(10-18(16)47-45-43-35)27-23-29-21(25-5-7-48(36,37)38)28-22(30-23)26-6-8-49(39,40)41;;;;/h1-4,9-11,33-35H,5-8,24H2,(H,36,37,38)(H,39,40,41)(H3,25,26,27,28,29,30);;;;/q;4*+1/p-4. The molecule has 0 radical (unpaired) electrons. The fourth-order valence-electron chi connectivity index (χ4n) is 3.81. The van der Waals surface area contributed by atoms with Crippen molar-refractivity contribution in [2.75, 3.05) is 46.3 Å². The summed E-state index contributed by atoms with van der Waals surface area (Å²) in [5, 5.41) is 55.2. The molecule has 1 heterocycles. The number of phenols is 1. The molecule has 0 amide bonds. The van der Waals surface area contributed by atoms with Gasteiger partial charge in [0.15, 0.2) is 0 Å². The number of anilines is 5. The van der Waals surface area contributed by atoms with Gasteiger partial charge in [0, 0.05) is 23.7 Å². The normalized spacial score (nSPS) is 11.2. The molecule has 0 saturated heterocycles. The number of azo groups is 1. The van der Waals surface area contributed by atoms with Gasteiger partial charge in [-0.15, -0.1) is 10.2 Å². The molecule has 264 valence electrons. The molecule has 3 aromatic carbocycles. The number of fused-ring (bicyclic) bond motifs is 1. The van der Waals surface area contributed by atoms with Crippen molar-refractivity contribution >= 4 is 95.7 Å². The Balaban J connectivity index is 0.00000676. The summed E-state index contributed by atoms with van der Waals surface area (Å²) < 4.78 is 74.6. The Bertz CT molecular complexity index is 2010. The molecule has 6 N–H and O–H groups in total. The van der Waals surface area contributed by atoms with Crippen LogP contribution in [-0.4, -0.2) is 70.6 Å². The molecule has 0 aliphatic carbocycles. The van der Waals surface area contributed by atoms with Crippen molar-refractivity contribution in [3.8, 4) is 5.75 Å². The van der Waals surface area contributed by atoms with Gasteiger partial charge in [0.1, 0.15) is 17.1 Å². The molecule has 4 rings (SSSR count). The largest absolute Gasteiger partial charge is 1.00 e. The number of phenolic OH excluding ortho intramolecular Hbond substituents is 1. The summed E-state index contributed by atoms with van der Waals surface area (Å²) in [6, 6.07) is 10.3. The number of hydrogen-bond acceptors (Lipinski definition) is 24. The van der Waals surface area contributed by atoms with Gasteiger partial charge in [0.2, 0.25) is 17.8 Å². The van der Waals surface area contributed by atoms with Gasteiger partial charge < -0.3 is 46.4 Å². The average molecular weight is 852 g/mol. The zero-order valence-corrected chi connectivity index (χ0v) is 39.4. The number of nitrogens with two attached hydrogens (primary N) is 1. The van der Waals surface area contributed by atoms with E-state index in [1.54, 1.807) is 12.1 Å². The summed E-state index contributed by atoms with van der Waals surface area (Å²) in [7, 11) is -9.14. The molecular weight excluding hydrogens is 831 g/mol. The summed E-state index contributed by atoms with van der Waals surface area (Å²) in [6.07, 6.45) is 0. The second-order valence-electron chi connectivity index (χ2n) is 9.17. The maximum atomic E-state index is 11.0. The van der Waals surface area contributed by atoms with Crippen LogP contribution in [0, 0.1) is 0 Å². The van der Waals surface area contributed by atoms with Crippen molar-refractivity contribution in [2.24, 2.45) is 10.2 Å². The SMILES string of the molecule is Nc1ccc2cc(SOO[O-])cc(O)c2c1N=Nc1ccc(Nc2nc(NCCS(=O)(=O)[O-])nc(NCCS(=O)(=O)[O-])n2)cc1SOO[O-].[Na+].[Na+].[Na+].[Na+]. The molecule has 1 aromatic heterocycles. The molecule has 0 fully saturated rings. The average Bonchev–Trinajstić information content (AvgIpc) is 3.01. The van der Waals surface area contributed by atoms with Crippen LogP contribution < -0.4 is 150 Å². The van der Waals surface area contributed by atoms with E-state index < -0.39 is 31.7 Å². The molecule has 0 unspecified atom stereocenters. The summed E-state index contributed by atoms with van der Waals surface area (Å²) in [4.78, 5) is 12.6. The predicted molar refractivity (Wildman–Crippen MR) is 166 cm³/mol. The van der Waals surface area contributed by atoms with Crippen LogP contribution in [0.1, 0.15) is 0 Å². The van der Waals surface area contributed by atoms with Crippen molar-refractivity contribution in [1.29, 1.82) is 0 Å². The van der Waals surface area contributed by atoms with Gasteiger partial charge >= 0.3 is 118 Å². The van der Waals surface area contributed by atoms with Crippen LogP contribution in [0.15, 0.2) is 62.5 Å². The van der Waals surface area contributed by atoms with Crippen LogP contribution in [-0.2, 0) is 39.0 Å². The third-order valence-corrected chi connectivity index (χ3v) is 8.35. The van der Waals surface area contributed by atoms with Crippen LogP contribution in [0.25, 0.3) is 10.8 Å². The van der Waals surface area contributed by atoms with Crippen LogP contribution >= 0.6 is 24.1 Å². The molecule has 0 saturated carbocycles. The van der Waals surface area contributed by atoms with Crippen LogP contribution in [0.5, 0.6) is 5.75 Å². The van der Waals surface area contributed by atoms with E-state index in [1.807, 2.05) is 0 Å². The third-order valence-electron chi connectivity index (χ3n) is 5.76. The molecule has 0 aliphatic rings. The number of rotatable bonds is 18. The summed E-state index contributed by atoms with van der Waals surface area (Å²) >= 11 is 1.01. The van der Waals surface area contributed by atoms with Gasteiger partial charge in [-0.05, 0) is 41.8 Å². The van der Waals surface area contributed by atoms with E-state index in [2.05, 4.69) is 59.9 Å². The van der Waals surface area contributed by atoms with E-state index in [-0.39, 0.29) is 188 Å². The molecule has 53 heavy (non-hydrogen) atoms. The second kappa shape index (κ2) is 25.2. The summed E-state index contributed by atoms with van der Waals surface area (Å²) in [5.74, 6) is -2.47. The van der Waals surface area contributed by atoms with E-state index in [1.165, 1.54) is 30.3 Å². The summed E-state index contributed by atoms with van der Waals surface area (Å²) in [6.45, 7) is -0.749. The number of aromatic nitrogens is 3. The molecular formula is C23H21N9Na4O13S4. The van der Waals surface area contributed by atoms with Crippen LogP contribution in [0.2, 0.25) is 0 Å². The predicted octanol–water partition coefficient (Wildman–Crippen LogP) is -11.1. The van der Waals surface area contributed by atoms with E-state index in [0.717, 1.165) is 0 Å². The fourth-order valence-corrected chi connectivity index (χ4v) is 5.43. The molecule has 0 atom stereocenters. The van der Waals surface area contributed by atoms with Crippen LogP contribution in [0.4, 0.5) is 40.6 Å². The van der Waals surface area contributed by atoms with E-state index >= 15 is 0 Å². The Morgan fingerprint density at radius 3 is 1.91 bits per heavy atom. The zero-order valence-electron chi connectivity index (χ0n) is 28.2. The van der Waals surface area contributed by atoms with E-state index in [0.29, 0.717) is 34.4 Å². The summed E-state index contributed by atoms with van der Waals surface area (Å²) in [5.41, 5.74) is 6.70. The number of nitrogens with one attached hydrogen (secondary N) is 3. The smallest absolute Gasteiger partial charge is 0.748 e. The third kappa shape index (κ3) is 17.9. The Hall–Kier alpha value is -0.190. The molecule has 30 heteroatoms. The van der Waals surface area contributed by atoms with Crippen molar-refractivity contribution in [3.63, 3.8) is 0 Å². The first-order valence-electron chi connectivity index (χ1n) is 13.0. The molecule has 0 spiro atoms. The number of nitrogen functional groups attached to an aromatic ring is 1. The first-order valence-corrected chi connectivity index (χ1v) is 17.6. The molecule has 4 aromatic rings. The van der Waals surface area contributed by atoms with Crippen LogP contribution in [0.3, 0.4) is 0 Å². The van der Waals surface area contributed by atoms with E-state index in [9.17, 15) is 41.6 Å². The maximum absolute atomic E-state index is 11.0. The van der Waals surface area contributed by atoms with Gasteiger partial charge in [-0.3, -0.25) is 10.1 Å². The first-order chi connectivity index (χ1) is 23.2. The number of benzene rings is 3. The quantitative estimate of drug-likeness (QED) is 0.0118. The van der Waals surface area contributed by atoms with Crippen molar-refractivity contribution < 1.29 is 179 Å². The molecule has 0 bridgehead atoms. The Morgan fingerprint density at radius 2 is 1.34 bits per heavy atom. The minimum atomic E-state index is -4.57. The van der Waals surface area contributed by atoms with Gasteiger partial charge in [-0.2, -0.15) is 23.6 Å². The van der Waals surface area contributed by atoms with Crippen molar-refractivity contribution in [3.05, 3.63) is 42.5 Å². The maximum Gasteiger partial charge on any atom is 1.00 e. The fraction of sp³-hybridized carbons (Fsp3) is 0.174. The van der Waals surface area contributed by atoms with Crippen molar-refractivity contribution in [2.45, 2.75) is 9.79 Å². The molecule has 22 nitrogen and oxygen atoms in total. The van der Waals surface area contributed by atoms with Gasteiger partial charge in [0.25, 0.3) is 0 Å². The van der Waals surface area contributed by atoms with Gasteiger partial charge in [0.05, 0.1) is 71.8 Å². The first kappa shape index (κ1) is 52.8. The molecule has 0 aliphatic heterocycles. The monoisotopic (exact) mass is 851 g/mol.